The number of carbonyl (C=O) groups excluding carboxylic acids is 2. The van der Waals surface area contributed by atoms with Crippen molar-refractivity contribution in [2.75, 3.05) is 6.26 Å². The molecule has 1 aromatic carbocycles. The zero-order chi connectivity index (χ0) is 12.1. The Balaban J connectivity index is 2.74. The standard InChI is InChI=1S/C11H12O4S/c1-8(12)7-11(13)9-3-5-10(6-4-9)15-16(2)14/h3-6H,7H2,1-2H3. The molecule has 0 amide bonds. The fourth-order valence-electron chi connectivity index (χ4n) is 1.16. The summed E-state index contributed by atoms with van der Waals surface area (Å²) in [5.41, 5.74) is 0.449. The summed E-state index contributed by atoms with van der Waals surface area (Å²) in [5, 5.41) is 0. The van der Waals surface area contributed by atoms with Crippen molar-refractivity contribution in [2.45, 2.75) is 13.3 Å². The average Bonchev–Trinajstić information content (AvgIpc) is 2.16. The first-order valence-corrected chi connectivity index (χ1v) is 6.12. The monoisotopic (exact) mass is 240 g/mol. The van der Waals surface area contributed by atoms with Crippen LogP contribution in [-0.2, 0) is 15.9 Å². The molecule has 86 valence electrons. The molecule has 0 spiro atoms. The van der Waals surface area contributed by atoms with Crippen LogP contribution in [0.4, 0.5) is 0 Å². The molecule has 4 nitrogen and oxygen atoms in total. The smallest absolute Gasteiger partial charge is 0.203 e. The maximum atomic E-state index is 11.5. The zero-order valence-corrected chi connectivity index (χ0v) is 9.87. The van der Waals surface area contributed by atoms with E-state index in [1.165, 1.54) is 13.2 Å². The van der Waals surface area contributed by atoms with Gasteiger partial charge in [0.1, 0.15) is 11.5 Å². The quantitative estimate of drug-likeness (QED) is 0.578. The van der Waals surface area contributed by atoms with Crippen molar-refractivity contribution < 1.29 is 18.0 Å². The van der Waals surface area contributed by atoms with Gasteiger partial charge in [0.05, 0.1) is 6.42 Å². The molecule has 0 aromatic heterocycles. The number of benzene rings is 1. The topological polar surface area (TPSA) is 60.4 Å². The van der Waals surface area contributed by atoms with Crippen molar-refractivity contribution in [3.63, 3.8) is 0 Å². The van der Waals surface area contributed by atoms with Gasteiger partial charge in [-0.25, -0.2) is 4.21 Å². The molecular formula is C11H12O4S. The molecular weight excluding hydrogens is 228 g/mol. The van der Waals surface area contributed by atoms with Crippen LogP contribution in [0.5, 0.6) is 5.75 Å². The molecule has 1 aromatic rings. The Bertz CT molecular complexity index is 422. The minimum Gasteiger partial charge on any atom is -0.401 e. The highest BCUT2D eigenvalue weighted by molar-refractivity contribution is 7.79. The van der Waals surface area contributed by atoms with E-state index >= 15 is 0 Å². The summed E-state index contributed by atoms with van der Waals surface area (Å²) >= 11 is -1.38. The molecule has 0 heterocycles. The van der Waals surface area contributed by atoms with Gasteiger partial charge in [0, 0.05) is 11.8 Å². The third-order valence-electron chi connectivity index (χ3n) is 1.80. The number of hydrogen-bond donors (Lipinski definition) is 0. The molecule has 5 heteroatoms. The number of hydrogen-bond acceptors (Lipinski definition) is 4. The number of Topliss-reactive ketones (excluding diaryl/α,β-unsaturated/α-hetero) is 2. The van der Waals surface area contributed by atoms with Crippen molar-refractivity contribution >= 4 is 22.6 Å². The molecule has 0 bridgehead atoms. The lowest BCUT2D eigenvalue weighted by Gasteiger charge is -2.02. The van der Waals surface area contributed by atoms with Crippen LogP contribution in [0.15, 0.2) is 24.3 Å². The third kappa shape index (κ3) is 3.94. The SMILES string of the molecule is CC(=O)CC(=O)c1ccc(OS(C)=O)cc1. The Labute approximate surface area is 96.3 Å². The van der Waals surface area contributed by atoms with Gasteiger partial charge in [0.2, 0.25) is 11.1 Å². The van der Waals surface area contributed by atoms with Gasteiger partial charge in [-0.15, -0.1) is 0 Å². The third-order valence-corrected chi connectivity index (χ3v) is 2.23. The maximum absolute atomic E-state index is 11.5. The number of rotatable bonds is 5. The van der Waals surface area contributed by atoms with E-state index in [2.05, 4.69) is 0 Å². The van der Waals surface area contributed by atoms with E-state index in [9.17, 15) is 13.8 Å². The molecule has 0 N–H and O–H groups in total. The largest absolute Gasteiger partial charge is 0.401 e. The predicted molar refractivity (Wildman–Crippen MR) is 60.8 cm³/mol. The zero-order valence-electron chi connectivity index (χ0n) is 9.06. The van der Waals surface area contributed by atoms with E-state index < -0.39 is 11.1 Å². The molecule has 0 aliphatic heterocycles. The van der Waals surface area contributed by atoms with Gasteiger partial charge in [0.15, 0.2) is 5.78 Å². The van der Waals surface area contributed by atoms with Crippen LogP contribution in [-0.4, -0.2) is 22.0 Å². The van der Waals surface area contributed by atoms with Crippen molar-refractivity contribution in [1.82, 2.24) is 0 Å². The Morgan fingerprint density at radius 2 is 1.81 bits per heavy atom. The summed E-state index contributed by atoms with van der Waals surface area (Å²) in [6.45, 7) is 1.37. The number of carbonyl (C=O) groups is 2. The minimum atomic E-state index is -1.38. The van der Waals surface area contributed by atoms with Gasteiger partial charge >= 0.3 is 0 Å². The van der Waals surface area contributed by atoms with Crippen LogP contribution >= 0.6 is 0 Å². The summed E-state index contributed by atoms with van der Waals surface area (Å²) in [5.74, 6) is 0.0388. The average molecular weight is 240 g/mol. The van der Waals surface area contributed by atoms with E-state index in [-0.39, 0.29) is 18.0 Å². The van der Waals surface area contributed by atoms with Crippen molar-refractivity contribution in [3.8, 4) is 5.75 Å². The van der Waals surface area contributed by atoms with Crippen LogP contribution < -0.4 is 4.18 Å². The van der Waals surface area contributed by atoms with Crippen LogP contribution in [0.3, 0.4) is 0 Å². The lowest BCUT2D eigenvalue weighted by atomic mass is 10.1. The van der Waals surface area contributed by atoms with E-state index in [0.717, 1.165) is 0 Å². The van der Waals surface area contributed by atoms with E-state index in [1.807, 2.05) is 0 Å². The van der Waals surface area contributed by atoms with Gasteiger partial charge in [0.25, 0.3) is 0 Å². The highest BCUT2D eigenvalue weighted by atomic mass is 32.2. The second kappa shape index (κ2) is 5.55. The second-order valence-corrected chi connectivity index (χ2v) is 4.28. The highest BCUT2D eigenvalue weighted by Crippen LogP contribution is 2.14. The van der Waals surface area contributed by atoms with E-state index in [1.54, 1.807) is 24.3 Å². The Hall–Kier alpha value is -1.49. The van der Waals surface area contributed by atoms with Crippen LogP contribution in [0.2, 0.25) is 0 Å². The van der Waals surface area contributed by atoms with Gasteiger partial charge < -0.3 is 4.18 Å². The molecule has 0 aliphatic carbocycles. The summed E-state index contributed by atoms with van der Waals surface area (Å²) < 4.78 is 15.7. The lowest BCUT2D eigenvalue weighted by molar-refractivity contribution is -0.116. The summed E-state index contributed by atoms with van der Waals surface area (Å²) in [7, 11) is 0. The lowest BCUT2D eigenvalue weighted by Crippen LogP contribution is -2.04. The maximum Gasteiger partial charge on any atom is 0.203 e. The molecule has 1 unspecified atom stereocenters. The minimum absolute atomic E-state index is 0.0973. The Morgan fingerprint density at radius 1 is 1.25 bits per heavy atom. The normalized spacial score (nSPS) is 11.9. The van der Waals surface area contributed by atoms with Crippen LogP contribution in [0, 0.1) is 0 Å². The number of ketones is 2. The predicted octanol–water partition coefficient (Wildman–Crippen LogP) is 1.52. The Kier molecular flexibility index (Phi) is 4.37. The van der Waals surface area contributed by atoms with E-state index in [0.29, 0.717) is 11.3 Å². The van der Waals surface area contributed by atoms with Gasteiger partial charge in [-0.3, -0.25) is 9.59 Å². The van der Waals surface area contributed by atoms with E-state index in [4.69, 9.17) is 4.18 Å². The first-order chi connectivity index (χ1) is 7.49. The molecule has 16 heavy (non-hydrogen) atoms. The molecule has 0 fully saturated rings. The molecule has 0 saturated heterocycles. The second-order valence-electron chi connectivity index (χ2n) is 3.31. The van der Waals surface area contributed by atoms with Gasteiger partial charge in [-0.05, 0) is 31.2 Å². The van der Waals surface area contributed by atoms with Gasteiger partial charge in [-0.1, -0.05) is 0 Å². The van der Waals surface area contributed by atoms with Crippen molar-refractivity contribution in [2.24, 2.45) is 0 Å². The molecule has 0 saturated carbocycles. The first kappa shape index (κ1) is 12.6. The molecule has 0 aliphatic rings. The molecule has 0 radical (unpaired) electrons. The fourth-order valence-corrected chi connectivity index (χ4v) is 1.54. The summed E-state index contributed by atoms with van der Waals surface area (Å²) in [6, 6.07) is 6.20. The Morgan fingerprint density at radius 3 is 2.25 bits per heavy atom. The molecule has 1 rings (SSSR count). The summed E-state index contributed by atoms with van der Waals surface area (Å²) in [4.78, 5) is 22.2. The summed E-state index contributed by atoms with van der Waals surface area (Å²) in [6.07, 6.45) is 1.31. The van der Waals surface area contributed by atoms with Gasteiger partial charge in [-0.2, -0.15) is 0 Å². The fraction of sp³-hybridized carbons (Fsp3) is 0.273. The van der Waals surface area contributed by atoms with Crippen molar-refractivity contribution in [3.05, 3.63) is 29.8 Å². The molecule has 1 atom stereocenters. The first-order valence-electron chi connectivity index (χ1n) is 4.63. The van der Waals surface area contributed by atoms with Crippen LogP contribution in [0.25, 0.3) is 0 Å². The van der Waals surface area contributed by atoms with Crippen LogP contribution in [0.1, 0.15) is 23.7 Å². The van der Waals surface area contributed by atoms with Crippen molar-refractivity contribution in [1.29, 1.82) is 0 Å². The highest BCUT2D eigenvalue weighted by Gasteiger charge is 2.08.